The lowest BCUT2D eigenvalue weighted by molar-refractivity contribution is -0.139. The lowest BCUT2D eigenvalue weighted by atomic mass is 9.83. The van der Waals surface area contributed by atoms with E-state index in [2.05, 4.69) is 87.5 Å². The number of hydrogen-bond donors (Lipinski definition) is 3. The standard InChI is InChI=1S/C46H60N8O4/c1-4-52(5-2)35-24-22-34(23-25-35)44(55)53-26-8-12-40(53)42-47-28-38(49-42)32-18-14-30(15-19-32)31-16-20-33(21-17-31)39-29-48-43(50-39)41-13-9-27-54(41)45(56)36-10-6-7-11-37(36)51-46(57)58-3/h14-21,28-29,34-37,40-41H,4-13,22-27H2,1-3H3,(H,47,49)(H,48,50)(H,51,57)/t34?,35?,36-,37+,40-,41-/m0/s1. The molecule has 4 aliphatic rings. The Kier molecular flexibility index (Phi) is 12.3. The normalized spacial score (nSPS) is 25.0. The van der Waals surface area contributed by atoms with E-state index in [1.165, 1.54) is 7.11 Å². The van der Waals surface area contributed by atoms with E-state index in [-0.39, 0.29) is 35.9 Å². The molecule has 4 heterocycles. The maximum atomic E-state index is 13.9. The summed E-state index contributed by atoms with van der Waals surface area (Å²) in [6.07, 6.45) is 14.7. The molecule has 0 unspecified atom stereocenters. The lowest BCUT2D eigenvalue weighted by Crippen LogP contribution is -2.49. The van der Waals surface area contributed by atoms with Gasteiger partial charge in [0, 0.05) is 31.1 Å². The summed E-state index contributed by atoms with van der Waals surface area (Å²) in [5.74, 6) is 1.97. The summed E-state index contributed by atoms with van der Waals surface area (Å²) < 4.78 is 4.84. The summed E-state index contributed by atoms with van der Waals surface area (Å²) in [6.45, 7) is 8.12. The topological polar surface area (TPSA) is 140 Å². The number of H-pyrrole nitrogens is 2. The minimum atomic E-state index is -0.482. The number of likely N-dealkylation sites (tertiary alicyclic amines) is 2. The maximum absolute atomic E-state index is 13.9. The molecule has 3 amide bonds. The third-order valence-corrected chi connectivity index (χ3v) is 13.6. The van der Waals surface area contributed by atoms with Crippen LogP contribution in [0.2, 0.25) is 0 Å². The van der Waals surface area contributed by atoms with E-state index in [4.69, 9.17) is 14.7 Å². The quantitative estimate of drug-likeness (QED) is 0.139. The van der Waals surface area contributed by atoms with E-state index >= 15 is 0 Å². The van der Waals surface area contributed by atoms with Gasteiger partial charge in [-0.2, -0.15) is 0 Å². The molecule has 4 aromatic rings. The summed E-state index contributed by atoms with van der Waals surface area (Å²) in [5, 5.41) is 2.91. The largest absolute Gasteiger partial charge is 0.453 e. The van der Waals surface area contributed by atoms with Gasteiger partial charge < -0.3 is 34.7 Å². The van der Waals surface area contributed by atoms with Gasteiger partial charge >= 0.3 is 6.09 Å². The number of imidazole rings is 2. The second-order valence-electron chi connectivity index (χ2n) is 16.8. The van der Waals surface area contributed by atoms with Crippen LogP contribution < -0.4 is 5.32 Å². The molecular formula is C46H60N8O4. The molecule has 12 nitrogen and oxygen atoms in total. The maximum Gasteiger partial charge on any atom is 0.407 e. The number of rotatable bonds is 11. The Morgan fingerprint density at radius 1 is 0.672 bits per heavy atom. The molecular weight excluding hydrogens is 729 g/mol. The molecule has 2 aliphatic heterocycles. The van der Waals surface area contributed by atoms with Crippen LogP contribution in [0.5, 0.6) is 0 Å². The first-order valence-corrected chi connectivity index (χ1v) is 21.9. The van der Waals surface area contributed by atoms with Crippen LogP contribution in [0.4, 0.5) is 4.79 Å². The summed E-state index contributed by atoms with van der Waals surface area (Å²) >= 11 is 0. The van der Waals surface area contributed by atoms with Crippen molar-refractivity contribution < 1.29 is 19.1 Å². The van der Waals surface area contributed by atoms with Crippen molar-refractivity contribution in [2.24, 2.45) is 11.8 Å². The molecule has 58 heavy (non-hydrogen) atoms. The van der Waals surface area contributed by atoms with Crippen molar-refractivity contribution in [2.75, 3.05) is 33.3 Å². The van der Waals surface area contributed by atoms with E-state index in [9.17, 15) is 14.4 Å². The number of methoxy groups -OCH3 is 1. The highest BCUT2D eigenvalue weighted by atomic mass is 16.5. The van der Waals surface area contributed by atoms with Gasteiger partial charge in [0.1, 0.15) is 11.6 Å². The SMILES string of the molecule is CCN(CC)C1CCC(C(=O)N2CCC[C@H]2c2ncc(-c3ccc(-c4ccc(-c5cnc([C@@H]6CCCN6C(=O)[C@H]6CCCC[C@H]6NC(=O)OC)[nH]5)cc4)cc3)[nH]2)CC1. The molecule has 2 aliphatic carbocycles. The Labute approximate surface area is 342 Å². The number of alkyl carbamates (subject to hydrolysis) is 1. The first-order valence-electron chi connectivity index (χ1n) is 21.9. The second-order valence-corrected chi connectivity index (χ2v) is 16.8. The van der Waals surface area contributed by atoms with E-state index < -0.39 is 6.09 Å². The molecule has 0 bridgehead atoms. The van der Waals surface area contributed by atoms with Crippen LogP contribution in [-0.2, 0) is 14.3 Å². The summed E-state index contributed by atoms with van der Waals surface area (Å²) in [7, 11) is 1.36. The predicted octanol–water partition coefficient (Wildman–Crippen LogP) is 8.28. The Morgan fingerprint density at radius 3 is 1.69 bits per heavy atom. The van der Waals surface area contributed by atoms with Crippen molar-refractivity contribution in [3.8, 4) is 33.6 Å². The van der Waals surface area contributed by atoms with Crippen molar-refractivity contribution in [3.05, 3.63) is 72.6 Å². The number of amides is 3. The van der Waals surface area contributed by atoms with Crippen molar-refractivity contribution in [1.82, 2.24) is 40.0 Å². The summed E-state index contributed by atoms with van der Waals surface area (Å²) in [4.78, 5) is 62.9. The summed E-state index contributed by atoms with van der Waals surface area (Å²) in [5.41, 5.74) is 6.20. The van der Waals surface area contributed by atoms with Crippen LogP contribution in [0.15, 0.2) is 60.9 Å². The highest BCUT2D eigenvalue weighted by molar-refractivity contribution is 5.82. The van der Waals surface area contributed by atoms with Gasteiger partial charge in [0.05, 0.1) is 48.9 Å². The van der Waals surface area contributed by atoms with Crippen LogP contribution in [0.1, 0.15) is 115 Å². The zero-order chi connectivity index (χ0) is 40.2. The van der Waals surface area contributed by atoms with Crippen molar-refractivity contribution in [3.63, 3.8) is 0 Å². The number of carbonyl (C=O) groups excluding carboxylic acids is 3. The Hall–Kier alpha value is -4.97. The molecule has 12 heteroatoms. The van der Waals surface area contributed by atoms with Gasteiger partial charge in [-0.05, 0) is 99.6 Å². The molecule has 308 valence electrons. The fourth-order valence-corrected chi connectivity index (χ4v) is 10.3. The average molecular weight is 789 g/mol. The molecule has 4 fully saturated rings. The van der Waals surface area contributed by atoms with Crippen molar-refractivity contribution >= 4 is 17.9 Å². The number of hydrogen-bond acceptors (Lipinski definition) is 7. The van der Waals surface area contributed by atoms with E-state index in [0.717, 1.165) is 142 Å². The number of nitrogens with one attached hydrogen (secondary N) is 3. The predicted molar refractivity (Wildman–Crippen MR) is 224 cm³/mol. The third kappa shape index (κ3) is 8.30. The molecule has 8 rings (SSSR count). The number of aromatic nitrogens is 4. The van der Waals surface area contributed by atoms with Crippen LogP contribution in [0.3, 0.4) is 0 Å². The molecule has 3 N–H and O–H groups in total. The fraction of sp³-hybridized carbons (Fsp3) is 0.543. The second kappa shape index (κ2) is 17.9. The monoisotopic (exact) mass is 788 g/mol. The molecule has 0 spiro atoms. The molecule has 2 aromatic heterocycles. The molecule has 4 atom stereocenters. The van der Waals surface area contributed by atoms with Gasteiger partial charge in [-0.15, -0.1) is 0 Å². The zero-order valence-electron chi connectivity index (χ0n) is 34.4. The van der Waals surface area contributed by atoms with Gasteiger partial charge in [0.25, 0.3) is 0 Å². The van der Waals surface area contributed by atoms with Gasteiger partial charge in [-0.3, -0.25) is 9.59 Å². The molecule has 2 saturated carbocycles. The third-order valence-electron chi connectivity index (χ3n) is 13.6. The van der Waals surface area contributed by atoms with Crippen LogP contribution >= 0.6 is 0 Å². The lowest BCUT2D eigenvalue weighted by Gasteiger charge is -2.37. The molecule has 2 saturated heterocycles. The zero-order valence-corrected chi connectivity index (χ0v) is 34.4. The Bertz CT molecular complexity index is 2010. The fourth-order valence-electron chi connectivity index (χ4n) is 10.3. The van der Waals surface area contributed by atoms with Crippen LogP contribution in [-0.4, -0.2) is 97.9 Å². The van der Waals surface area contributed by atoms with Crippen molar-refractivity contribution in [2.45, 2.75) is 115 Å². The highest BCUT2D eigenvalue weighted by Gasteiger charge is 2.41. The molecule has 2 aromatic carbocycles. The first kappa shape index (κ1) is 39.8. The van der Waals surface area contributed by atoms with Gasteiger partial charge in [0.2, 0.25) is 11.8 Å². The number of carbonyl (C=O) groups is 3. The smallest absolute Gasteiger partial charge is 0.407 e. The van der Waals surface area contributed by atoms with E-state index in [0.29, 0.717) is 18.5 Å². The number of ether oxygens (including phenoxy) is 1. The number of aromatic amines is 2. The first-order chi connectivity index (χ1) is 28.3. The molecule has 0 radical (unpaired) electrons. The Morgan fingerprint density at radius 2 is 1.17 bits per heavy atom. The Balaban J connectivity index is 0.883. The summed E-state index contributed by atoms with van der Waals surface area (Å²) in [6, 6.07) is 17.3. The van der Waals surface area contributed by atoms with Crippen molar-refractivity contribution in [1.29, 1.82) is 0 Å². The van der Waals surface area contributed by atoms with Gasteiger partial charge in [-0.1, -0.05) is 75.2 Å². The van der Waals surface area contributed by atoms with E-state index in [1.54, 1.807) is 0 Å². The van der Waals surface area contributed by atoms with Crippen LogP contribution in [0, 0.1) is 11.8 Å². The van der Waals surface area contributed by atoms with E-state index in [1.807, 2.05) is 17.3 Å². The average Bonchev–Trinajstić information content (AvgIpc) is 4.12. The number of nitrogens with zero attached hydrogens (tertiary/aromatic N) is 5. The number of benzene rings is 2. The van der Waals surface area contributed by atoms with Crippen LogP contribution in [0.25, 0.3) is 33.6 Å². The van der Waals surface area contributed by atoms with Gasteiger partial charge in [-0.25, -0.2) is 14.8 Å². The van der Waals surface area contributed by atoms with Gasteiger partial charge in [0.15, 0.2) is 0 Å². The minimum Gasteiger partial charge on any atom is -0.453 e. The highest BCUT2D eigenvalue weighted by Crippen LogP contribution is 2.38. The minimum absolute atomic E-state index is 0.0104.